The average Bonchev–Trinajstić information content (AvgIpc) is 3.33. The number of fused-ring (bicyclic) bond motifs is 1. The Kier molecular flexibility index (Phi) is 3.95. The molecule has 8 heteroatoms. The van der Waals surface area contributed by atoms with Gasteiger partial charge in [-0.1, -0.05) is 17.3 Å². The number of aliphatic hydroxyl groups is 1. The Labute approximate surface area is 143 Å². The summed E-state index contributed by atoms with van der Waals surface area (Å²) in [5.74, 6) is 1.59. The van der Waals surface area contributed by atoms with Gasteiger partial charge >= 0.3 is 0 Å². The third kappa shape index (κ3) is 3.11. The number of rotatable bonds is 6. The maximum atomic E-state index is 9.53. The number of nitrogens with zero attached hydrogens (tertiary/aromatic N) is 4. The molecule has 0 aliphatic heterocycles. The first-order valence-corrected chi connectivity index (χ1v) is 7.93. The monoisotopic (exact) mass is 339 g/mol. The molecular weight excluding hydrogens is 322 g/mol. The van der Waals surface area contributed by atoms with Gasteiger partial charge in [0.2, 0.25) is 5.95 Å². The second-order valence-corrected chi connectivity index (χ2v) is 5.77. The predicted octanol–water partition coefficient (Wildman–Crippen LogP) is 2.52. The van der Waals surface area contributed by atoms with Gasteiger partial charge in [-0.3, -0.25) is 0 Å². The van der Waals surface area contributed by atoms with E-state index in [0.29, 0.717) is 30.8 Å². The van der Waals surface area contributed by atoms with Crippen LogP contribution >= 0.6 is 0 Å². The lowest BCUT2D eigenvalue weighted by atomic mass is 10.3. The molecule has 4 rings (SSSR count). The molecule has 4 aromatic rings. The molecule has 0 aliphatic carbocycles. The Morgan fingerprint density at radius 2 is 2.12 bits per heavy atom. The number of imidazole rings is 1. The van der Waals surface area contributed by atoms with Crippen molar-refractivity contribution in [1.29, 1.82) is 0 Å². The highest BCUT2D eigenvalue weighted by Crippen LogP contribution is 2.22. The van der Waals surface area contributed by atoms with Gasteiger partial charge < -0.3 is 23.9 Å². The number of aromatic nitrogens is 4. The molecule has 3 heterocycles. The molecule has 3 aromatic heterocycles. The molecule has 1 aromatic carbocycles. The number of furan rings is 1. The van der Waals surface area contributed by atoms with E-state index in [2.05, 4.69) is 20.4 Å². The van der Waals surface area contributed by atoms with Crippen LogP contribution in [0.5, 0.6) is 0 Å². The number of hydrogen-bond acceptors (Lipinski definition) is 7. The van der Waals surface area contributed by atoms with Gasteiger partial charge in [0.1, 0.15) is 6.26 Å². The first-order chi connectivity index (χ1) is 12.2. The Morgan fingerprint density at radius 3 is 2.92 bits per heavy atom. The fourth-order valence-electron chi connectivity index (χ4n) is 2.57. The molecule has 8 nitrogen and oxygen atoms in total. The summed E-state index contributed by atoms with van der Waals surface area (Å²) < 4.78 is 12.3. The number of benzene rings is 1. The number of hydrogen-bond donors (Lipinski definition) is 2. The minimum atomic E-state index is -0.480. The topological polar surface area (TPSA) is 102 Å². The fraction of sp³-hybridized carbons (Fsp3) is 0.235. The Balaban J connectivity index is 1.67. The van der Waals surface area contributed by atoms with Crippen LogP contribution in [0.25, 0.3) is 22.5 Å². The molecule has 1 atom stereocenters. The third-order valence-electron chi connectivity index (χ3n) is 3.75. The van der Waals surface area contributed by atoms with Gasteiger partial charge in [0.05, 0.1) is 35.5 Å². The van der Waals surface area contributed by atoms with Crippen molar-refractivity contribution in [3.63, 3.8) is 0 Å². The zero-order chi connectivity index (χ0) is 17.2. The van der Waals surface area contributed by atoms with Crippen LogP contribution < -0.4 is 5.32 Å². The van der Waals surface area contributed by atoms with Crippen molar-refractivity contribution in [3.05, 3.63) is 48.7 Å². The first kappa shape index (κ1) is 15.4. The molecule has 128 valence electrons. The third-order valence-corrected chi connectivity index (χ3v) is 3.75. The SMILES string of the molecule is C[C@@H](O)CNc1nc2ccccc2n1Cc1noc(-c2ccoc2)n1. The van der Waals surface area contributed by atoms with Crippen molar-refractivity contribution in [2.24, 2.45) is 0 Å². The normalized spacial score (nSPS) is 12.6. The molecule has 25 heavy (non-hydrogen) atoms. The summed E-state index contributed by atoms with van der Waals surface area (Å²) in [6.45, 7) is 2.51. The van der Waals surface area contributed by atoms with Gasteiger partial charge in [0.25, 0.3) is 5.89 Å². The quantitative estimate of drug-likeness (QED) is 0.556. The smallest absolute Gasteiger partial charge is 0.261 e. The van der Waals surface area contributed by atoms with Gasteiger partial charge in [-0.2, -0.15) is 4.98 Å². The molecule has 0 saturated heterocycles. The molecule has 0 radical (unpaired) electrons. The molecular formula is C17H17N5O3. The summed E-state index contributed by atoms with van der Waals surface area (Å²) in [4.78, 5) is 8.98. The number of nitrogens with one attached hydrogen (secondary N) is 1. The van der Waals surface area contributed by atoms with Gasteiger partial charge in [-0.05, 0) is 25.1 Å². The molecule has 0 bridgehead atoms. The predicted molar refractivity (Wildman–Crippen MR) is 91.0 cm³/mol. The lowest BCUT2D eigenvalue weighted by molar-refractivity contribution is 0.208. The number of para-hydroxylation sites is 2. The average molecular weight is 339 g/mol. The van der Waals surface area contributed by atoms with Crippen LogP contribution in [0.3, 0.4) is 0 Å². The maximum Gasteiger partial charge on any atom is 0.261 e. The van der Waals surface area contributed by atoms with Gasteiger partial charge in [0.15, 0.2) is 5.82 Å². The van der Waals surface area contributed by atoms with E-state index >= 15 is 0 Å². The van der Waals surface area contributed by atoms with E-state index in [9.17, 15) is 5.11 Å². The van der Waals surface area contributed by atoms with E-state index in [1.54, 1.807) is 25.5 Å². The van der Waals surface area contributed by atoms with Crippen LogP contribution in [0, 0.1) is 0 Å². The minimum absolute atomic E-state index is 0.393. The zero-order valence-corrected chi connectivity index (χ0v) is 13.6. The lowest BCUT2D eigenvalue weighted by Gasteiger charge is -2.10. The molecule has 0 saturated carbocycles. The Morgan fingerprint density at radius 1 is 1.24 bits per heavy atom. The van der Waals surface area contributed by atoms with Crippen molar-refractivity contribution in [2.45, 2.75) is 19.6 Å². The van der Waals surface area contributed by atoms with E-state index in [1.165, 1.54) is 0 Å². The molecule has 0 spiro atoms. The van der Waals surface area contributed by atoms with Crippen molar-refractivity contribution >= 4 is 17.0 Å². The van der Waals surface area contributed by atoms with Crippen LogP contribution in [0.2, 0.25) is 0 Å². The van der Waals surface area contributed by atoms with E-state index in [1.807, 2.05) is 28.8 Å². The van der Waals surface area contributed by atoms with E-state index in [-0.39, 0.29) is 0 Å². The largest absolute Gasteiger partial charge is 0.472 e. The van der Waals surface area contributed by atoms with E-state index < -0.39 is 6.10 Å². The second kappa shape index (κ2) is 6.40. The first-order valence-electron chi connectivity index (χ1n) is 7.93. The van der Waals surface area contributed by atoms with Crippen molar-refractivity contribution in [3.8, 4) is 11.5 Å². The number of anilines is 1. The summed E-state index contributed by atoms with van der Waals surface area (Å²) >= 11 is 0. The summed E-state index contributed by atoms with van der Waals surface area (Å²) in [6, 6.07) is 9.56. The second-order valence-electron chi connectivity index (χ2n) is 5.77. The molecule has 2 N–H and O–H groups in total. The van der Waals surface area contributed by atoms with Crippen molar-refractivity contribution < 1.29 is 14.0 Å². The molecule has 0 aliphatic rings. The van der Waals surface area contributed by atoms with Crippen molar-refractivity contribution in [2.75, 3.05) is 11.9 Å². The standard InChI is InChI=1S/C17H17N5O3/c1-11(23)8-18-17-19-13-4-2-3-5-14(13)22(17)9-15-20-16(25-21-15)12-6-7-24-10-12/h2-7,10-11,23H,8-9H2,1H3,(H,18,19)/t11-/m1/s1. The highest BCUT2D eigenvalue weighted by molar-refractivity contribution is 5.78. The van der Waals surface area contributed by atoms with Crippen LogP contribution in [0.15, 0.2) is 51.8 Å². The minimum Gasteiger partial charge on any atom is -0.472 e. The van der Waals surface area contributed by atoms with Crippen molar-refractivity contribution in [1.82, 2.24) is 19.7 Å². The van der Waals surface area contributed by atoms with Gasteiger partial charge in [0, 0.05) is 6.54 Å². The summed E-state index contributed by atoms with van der Waals surface area (Å²) in [5.41, 5.74) is 2.54. The zero-order valence-electron chi connectivity index (χ0n) is 13.6. The van der Waals surface area contributed by atoms with E-state index in [0.717, 1.165) is 16.6 Å². The highest BCUT2D eigenvalue weighted by Gasteiger charge is 2.15. The van der Waals surface area contributed by atoms with E-state index in [4.69, 9.17) is 8.94 Å². The summed E-state index contributed by atoms with van der Waals surface area (Å²) in [6.07, 6.45) is 2.63. The Hall–Kier alpha value is -3.13. The fourth-order valence-corrected chi connectivity index (χ4v) is 2.57. The molecule has 0 unspecified atom stereocenters. The number of aliphatic hydroxyl groups excluding tert-OH is 1. The molecule has 0 fully saturated rings. The lowest BCUT2D eigenvalue weighted by Crippen LogP contribution is -2.18. The molecule has 0 amide bonds. The summed E-state index contributed by atoms with van der Waals surface area (Å²) in [7, 11) is 0. The van der Waals surface area contributed by atoms with Crippen LogP contribution in [0.1, 0.15) is 12.7 Å². The Bertz CT molecular complexity index is 971. The van der Waals surface area contributed by atoms with Crippen LogP contribution in [-0.4, -0.2) is 37.4 Å². The highest BCUT2D eigenvalue weighted by atomic mass is 16.5. The van der Waals surface area contributed by atoms with Crippen LogP contribution in [0.4, 0.5) is 5.95 Å². The summed E-state index contributed by atoms with van der Waals surface area (Å²) in [5, 5.41) is 16.7. The van der Waals surface area contributed by atoms with Crippen LogP contribution in [-0.2, 0) is 6.54 Å². The van der Waals surface area contributed by atoms with Gasteiger partial charge in [-0.15, -0.1) is 0 Å². The maximum absolute atomic E-state index is 9.53. The van der Waals surface area contributed by atoms with Gasteiger partial charge in [-0.25, -0.2) is 4.98 Å².